The molecule has 0 rings (SSSR count). The predicted molar refractivity (Wildman–Crippen MR) is 59.5 cm³/mol. The van der Waals surface area contributed by atoms with Crippen LogP contribution in [0.4, 0.5) is 0 Å². The van der Waals surface area contributed by atoms with Crippen molar-refractivity contribution in [1.82, 2.24) is 5.32 Å². The normalized spacial score (nSPS) is 14.7. The maximum atomic E-state index is 11.0. The molecule has 0 radical (unpaired) electrons. The Morgan fingerprint density at radius 2 is 2.13 bits per heavy atom. The van der Waals surface area contributed by atoms with E-state index in [1.807, 2.05) is 13.8 Å². The van der Waals surface area contributed by atoms with Gasteiger partial charge in [0.05, 0.1) is 13.0 Å². The summed E-state index contributed by atoms with van der Waals surface area (Å²) in [6.07, 6.45) is 2.03. The Morgan fingerprint density at radius 3 is 2.67 bits per heavy atom. The first kappa shape index (κ1) is 14.4. The highest BCUT2D eigenvalue weighted by atomic mass is 16.5. The van der Waals surface area contributed by atoms with Crippen molar-refractivity contribution in [3.05, 3.63) is 0 Å². The van der Waals surface area contributed by atoms with Gasteiger partial charge in [-0.2, -0.15) is 0 Å². The summed E-state index contributed by atoms with van der Waals surface area (Å²) in [5, 5.41) is 12.0. The Labute approximate surface area is 92.0 Å². The van der Waals surface area contributed by atoms with Crippen molar-refractivity contribution in [2.75, 3.05) is 26.8 Å². The topological polar surface area (TPSA) is 58.6 Å². The number of rotatable bonds is 8. The van der Waals surface area contributed by atoms with Crippen molar-refractivity contribution in [3.63, 3.8) is 0 Å². The Morgan fingerprint density at radius 1 is 1.47 bits per heavy atom. The fourth-order valence-electron chi connectivity index (χ4n) is 1.27. The van der Waals surface area contributed by atoms with Crippen molar-refractivity contribution in [3.8, 4) is 0 Å². The predicted octanol–water partition coefficient (Wildman–Crippen LogP) is 0.794. The smallest absolute Gasteiger partial charge is 0.309 e. The van der Waals surface area contributed by atoms with Gasteiger partial charge in [0.1, 0.15) is 0 Å². The van der Waals surface area contributed by atoms with Crippen molar-refractivity contribution >= 4 is 5.97 Å². The summed E-state index contributed by atoms with van der Waals surface area (Å²) in [6, 6.07) is 0. The van der Waals surface area contributed by atoms with Gasteiger partial charge in [0.2, 0.25) is 0 Å². The lowest BCUT2D eigenvalue weighted by molar-refractivity contribution is -0.144. The fraction of sp³-hybridized carbons (Fsp3) is 0.909. The third-order valence-corrected chi connectivity index (χ3v) is 2.42. The van der Waals surface area contributed by atoms with E-state index in [-0.39, 0.29) is 18.5 Å². The largest absolute Gasteiger partial charge is 0.469 e. The summed E-state index contributed by atoms with van der Waals surface area (Å²) in [4.78, 5) is 11.0. The first-order chi connectivity index (χ1) is 7.11. The summed E-state index contributed by atoms with van der Waals surface area (Å²) >= 11 is 0. The van der Waals surface area contributed by atoms with Crippen LogP contribution >= 0.6 is 0 Å². The van der Waals surface area contributed by atoms with Gasteiger partial charge in [-0.25, -0.2) is 0 Å². The molecule has 0 spiro atoms. The highest BCUT2D eigenvalue weighted by Gasteiger charge is 2.11. The molecule has 0 saturated carbocycles. The van der Waals surface area contributed by atoms with Crippen molar-refractivity contribution in [1.29, 1.82) is 0 Å². The lowest BCUT2D eigenvalue weighted by atomic mass is 10.1. The van der Waals surface area contributed by atoms with E-state index in [0.717, 1.165) is 19.4 Å². The quantitative estimate of drug-likeness (QED) is 0.466. The number of carbonyl (C=O) groups excluding carboxylic acids is 1. The van der Waals surface area contributed by atoms with E-state index in [9.17, 15) is 4.79 Å². The zero-order valence-corrected chi connectivity index (χ0v) is 9.95. The van der Waals surface area contributed by atoms with Crippen LogP contribution in [0.1, 0.15) is 26.7 Å². The molecule has 0 fully saturated rings. The van der Waals surface area contributed by atoms with Crippen LogP contribution in [0.3, 0.4) is 0 Å². The van der Waals surface area contributed by atoms with Crippen LogP contribution in [-0.4, -0.2) is 37.9 Å². The van der Waals surface area contributed by atoms with E-state index < -0.39 is 0 Å². The van der Waals surface area contributed by atoms with E-state index in [4.69, 9.17) is 5.11 Å². The molecular weight excluding hydrogens is 194 g/mol. The highest BCUT2D eigenvalue weighted by molar-refractivity contribution is 5.71. The minimum Gasteiger partial charge on any atom is -0.469 e. The van der Waals surface area contributed by atoms with Crippen LogP contribution in [0.5, 0.6) is 0 Å². The number of hydrogen-bond donors (Lipinski definition) is 2. The minimum absolute atomic E-state index is 0.0923. The number of hydrogen-bond acceptors (Lipinski definition) is 4. The Kier molecular flexibility index (Phi) is 8.33. The summed E-state index contributed by atoms with van der Waals surface area (Å²) in [6.45, 7) is 5.65. The molecule has 0 aromatic rings. The van der Waals surface area contributed by atoms with Gasteiger partial charge < -0.3 is 15.2 Å². The molecule has 0 heterocycles. The third-order valence-electron chi connectivity index (χ3n) is 2.42. The van der Waals surface area contributed by atoms with Gasteiger partial charge in [-0.1, -0.05) is 13.8 Å². The molecular formula is C11H23NO3. The molecule has 2 atom stereocenters. The molecule has 0 bridgehead atoms. The molecule has 2 N–H and O–H groups in total. The summed E-state index contributed by atoms with van der Waals surface area (Å²) < 4.78 is 4.61. The molecule has 0 aliphatic rings. The first-order valence-corrected chi connectivity index (χ1v) is 5.51. The molecule has 4 nitrogen and oxygen atoms in total. The molecule has 0 aromatic carbocycles. The molecule has 15 heavy (non-hydrogen) atoms. The van der Waals surface area contributed by atoms with Crippen molar-refractivity contribution in [2.24, 2.45) is 11.8 Å². The molecule has 0 aliphatic carbocycles. The van der Waals surface area contributed by atoms with Crippen LogP contribution in [0.15, 0.2) is 0 Å². The van der Waals surface area contributed by atoms with Crippen molar-refractivity contribution < 1.29 is 14.6 Å². The number of aliphatic hydroxyl groups is 1. The maximum Gasteiger partial charge on any atom is 0.309 e. The molecule has 0 saturated heterocycles. The van der Waals surface area contributed by atoms with Gasteiger partial charge in [0.25, 0.3) is 0 Å². The fourth-order valence-corrected chi connectivity index (χ4v) is 1.27. The highest BCUT2D eigenvalue weighted by Crippen LogP contribution is 2.03. The zero-order valence-electron chi connectivity index (χ0n) is 9.95. The second-order valence-electron chi connectivity index (χ2n) is 4.06. The SMILES string of the molecule is COC(=O)C(C)CNCCCC(C)CO. The van der Waals surface area contributed by atoms with Gasteiger partial charge in [0.15, 0.2) is 0 Å². The number of methoxy groups -OCH3 is 1. The van der Waals surface area contributed by atoms with Crippen LogP contribution < -0.4 is 5.32 Å². The Bertz CT molecular complexity index is 173. The molecule has 2 unspecified atom stereocenters. The second-order valence-corrected chi connectivity index (χ2v) is 4.06. The number of ether oxygens (including phenoxy) is 1. The van der Waals surface area contributed by atoms with Gasteiger partial charge in [-0.3, -0.25) is 4.79 Å². The van der Waals surface area contributed by atoms with Crippen LogP contribution in [0.25, 0.3) is 0 Å². The van der Waals surface area contributed by atoms with Crippen LogP contribution in [0, 0.1) is 11.8 Å². The molecule has 0 aliphatic heterocycles. The molecule has 0 amide bonds. The van der Waals surface area contributed by atoms with E-state index in [1.54, 1.807) is 0 Å². The van der Waals surface area contributed by atoms with E-state index in [1.165, 1.54) is 7.11 Å². The van der Waals surface area contributed by atoms with Gasteiger partial charge in [0, 0.05) is 13.2 Å². The number of aliphatic hydroxyl groups excluding tert-OH is 1. The number of nitrogens with one attached hydrogen (secondary N) is 1. The maximum absolute atomic E-state index is 11.0. The van der Waals surface area contributed by atoms with Gasteiger partial charge in [-0.15, -0.1) is 0 Å². The van der Waals surface area contributed by atoms with Gasteiger partial charge in [-0.05, 0) is 25.3 Å². The summed E-state index contributed by atoms with van der Waals surface area (Å²) in [5.41, 5.74) is 0. The van der Waals surface area contributed by atoms with E-state index in [0.29, 0.717) is 12.5 Å². The standard InChI is InChI=1S/C11H23NO3/c1-9(8-13)5-4-6-12-7-10(2)11(14)15-3/h9-10,12-13H,4-8H2,1-3H3. The van der Waals surface area contributed by atoms with Crippen LogP contribution in [0.2, 0.25) is 0 Å². The van der Waals surface area contributed by atoms with E-state index in [2.05, 4.69) is 10.1 Å². The third kappa shape index (κ3) is 7.33. The average Bonchev–Trinajstić information content (AvgIpc) is 2.26. The monoisotopic (exact) mass is 217 g/mol. The van der Waals surface area contributed by atoms with Gasteiger partial charge >= 0.3 is 5.97 Å². The lowest BCUT2D eigenvalue weighted by Gasteiger charge is -2.11. The van der Waals surface area contributed by atoms with E-state index >= 15 is 0 Å². The van der Waals surface area contributed by atoms with Crippen molar-refractivity contribution in [2.45, 2.75) is 26.7 Å². The lowest BCUT2D eigenvalue weighted by Crippen LogP contribution is -2.28. The number of esters is 1. The Hall–Kier alpha value is -0.610. The number of carbonyl (C=O) groups is 1. The molecule has 0 aromatic heterocycles. The summed E-state index contributed by atoms with van der Waals surface area (Å²) in [7, 11) is 1.40. The minimum atomic E-state index is -0.175. The zero-order chi connectivity index (χ0) is 11.7. The average molecular weight is 217 g/mol. The second kappa shape index (κ2) is 8.68. The molecule has 4 heteroatoms. The van der Waals surface area contributed by atoms with Crippen LogP contribution in [-0.2, 0) is 9.53 Å². The summed E-state index contributed by atoms with van der Waals surface area (Å²) in [5.74, 6) is 0.0984. The Balaban J connectivity index is 3.34. The first-order valence-electron chi connectivity index (χ1n) is 5.51. The molecule has 90 valence electrons.